The Bertz CT molecular complexity index is 897. The summed E-state index contributed by atoms with van der Waals surface area (Å²) in [5, 5.41) is 8.85. The monoisotopic (exact) mass is 364 g/mol. The Morgan fingerprint density at radius 2 is 1.79 bits per heavy atom. The van der Waals surface area contributed by atoms with Crippen molar-refractivity contribution in [3.63, 3.8) is 0 Å². The lowest BCUT2D eigenvalue weighted by Crippen LogP contribution is -2.15. The maximum atomic E-state index is 13.0. The molecule has 0 bridgehead atoms. The van der Waals surface area contributed by atoms with E-state index in [0.717, 1.165) is 12.4 Å². The smallest absolute Gasteiger partial charge is 0.416 e. The number of carboxylic acid groups (broad SMARTS) is 1. The number of sulfonamides is 1. The van der Waals surface area contributed by atoms with Crippen molar-refractivity contribution in [1.82, 2.24) is 4.98 Å². The predicted octanol–water partition coefficient (Wildman–Crippen LogP) is 2.74. The van der Waals surface area contributed by atoms with E-state index in [1.54, 1.807) is 4.72 Å². The second-order valence-electron chi connectivity index (χ2n) is 4.55. The lowest BCUT2D eigenvalue weighted by Gasteiger charge is -2.12. The van der Waals surface area contributed by atoms with Crippen LogP contribution >= 0.6 is 0 Å². The summed E-state index contributed by atoms with van der Waals surface area (Å²) in [6.07, 6.45) is -3.35. The highest BCUT2D eigenvalue weighted by atomic mass is 32.2. The number of alkyl halides is 3. The van der Waals surface area contributed by atoms with Crippen LogP contribution in [0.25, 0.3) is 0 Å². The van der Waals surface area contributed by atoms with Crippen LogP contribution in [0.4, 0.5) is 23.2 Å². The van der Waals surface area contributed by atoms with Crippen molar-refractivity contribution >= 4 is 21.7 Å². The van der Waals surface area contributed by atoms with Gasteiger partial charge in [0.05, 0.1) is 23.0 Å². The number of nitrogens with zero attached hydrogens (tertiary/aromatic N) is 1. The van der Waals surface area contributed by atoms with Gasteiger partial charge in [0.2, 0.25) is 0 Å². The molecule has 1 heterocycles. The lowest BCUT2D eigenvalue weighted by atomic mass is 10.1. The Kier molecular flexibility index (Phi) is 4.47. The summed E-state index contributed by atoms with van der Waals surface area (Å²) in [4.78, 5) is 13.6. The zero-order valence-corrected chi connectivity index (χ0v) is 12.3. The van der Waals surface area contributed by atoms with Crippen molar-refractivity contribution < 1.29 is 35.9 Å². The number of carbonyl (C=O) groups is 1. The Morgan fingerprint density at radius 1 is 1.12 bits per heavy atom. The van der Waals surface area contributed by atoms with Crippen LogP contribution in [0.3, 0.4) is 0 Å². The first-order valence-electron chi connectivity index (χ1n) is 6.08. The van der Waals surface area contributed by atoms with Gasteiger partial charge in [-0.15, -0.1) is 0 Å². The molecule has 6 nitrogen and oxygen atoms in total. The van der Waals surface area contributed by atoms with E-state index in [-0.39, 0.29) is 0 Å². The molecule has 24 heavy (non-hydrogen) atoms. The van der Waals surface area contributed by atoms with Crippen molar-refractivity contribution in [2.45, 2.75) is 11.1 Å². The highest BCUT2D eigenvalue weighted by molar-refractivity contribution is 7.92. The third-order valence-electron chi connectivity index (χ3n) is 2.75. The van der Waals surface area contributed by atoms with E-state index < -0.39 is 49.7 Å². The second kappa shape index (κ2) is 6.07. The van der Waals surface area contributed by atoms with Gasteiger partial charge in [0.15, 0.2) is 0 Å². The number of nitrogens with one attached hydrogen (secondary N) is 1. The van der Waals surface area contributed by atoms with Crippen molar-refractivity contribution in [1.29, 1.82) is 0 Å². The van der Waals surface area contributed by atoms with E-state index in [9.17, 15) is 30.8 Å². The molecule has 2 rings (SSSR count). The molecule has 1 aromatic heterocycles. The first kappa shape index (κ1) is 17.7. The zero-order chi connectivity index (χ0) is 18.1. The van der Waals surface area contributed by atoms with Gasteiger partial charge in [-0.1, -0.05) is 0 Å². The number of rotatable bonds is 4. The van der Waals surface area contributed by atoms with E-state index in [1.165, 1.54) is 0 Å². The molecule has 0 fully saturated rings. The van der Waals surface area contributed by atoms with Gasteiger partial charge in [0.25, 0.3) is 10.0 Å². The van der Waals surface area contributed by atoms with Gasteiger partial charge in [-0.25, -0.2) is 17.6 Å². The van der Waals surface area contributed by atoms with Crippen LogP contribution in [0.1, 0.15) is 15.9 Å². The maximum absolute atomic E-state index is 13.0. The van der Waals surface area contributed by atoms with E-state index >= 15 is 0 Å². The summed E-state index contributed by atoms with van der Waals surface area (Å²) in [6, 6.07) is 2.11. The minimum atomic E-state index is -4.88. The van der Waals surface area contributed by atoms with E-state index in [4.69, 9.17) is 5.11 Å². The molecule has 0 radical (unpaired) electrons. The fourth-order valence-electron chi connectivity index (χ4n) is 1.73. The molecule has 0 aliphatic rings. The molecule has 0 atom stereocenters. The molecular weight excluding hydrogens is 356 g/mol. The topological polar surface area (TPSA) is 96.4 Å². The number of carboxylic acids is 1. The summed E-state index contributed by atoms with van der Waals surface area (Å²) in [7, 11) is -4.45. The standard InChI is InChI=1S/C13H8F4N2O4S/c14-9-4-11(6-18-5-9)24(22,23)19-10-2-7(12(20)21)1-8(3-10)13(15,16)17/h1-6,19H,(H,20,21). The van der Waals surface area contributed by atoms with Crippen LogP contribution in [0.2, 0.25) is 0 Å². The normalized spacial score (nSPS) is 12.0. The van der Waals surface area contributed by atoms with Gasteiger partial charge in [0.1, 0.15) is 10.7 Å². The average Bonchev–Trinajstić information content (AvgIpc) is 2.45. The number of halogens is 4. The molecule has 0 spiro atoms. The molecule has 0 unspecified atom stereocenters. The number of aromatic nitrogens is 1. The molecule has 0 aliphatic carbocycles. The Labute approximate surface area is 132 Å². The first-order valence-corrected chi connectivity index (χ1v) is 7.56. The number of hydrogen-bond acceptors (Lipinski definition) is 4. The number of anilines is 1. The molecule has 128 valence electrons. The van der Waals surface area contributed by atoms with Gasteiger partial charge in [-0.2, -0.15) is 13.2 Å². The van der Waals surface area contributed by atoms with Gasteiger partial charge < -0.3 is 5.11 Å². The van der Waals surface area contributed by atoms with Crippen LogP contribution in [0.15, 0.2) is 41.6 Å². The summed E-state index contributed by atoms with van der Waals surface area (Å²) >= 11 is 0. The number of hydrogen-bond donors (Lipinski definition) is 2. The molecule has 0 saturated heterocycles. The molecule has 1 aromatic carbocycles. The second-order valence-corrected chi connectivity index (χ2v) is 6.23. The van der Waals surface area contributed by atoms with Crippen molar-refractivity contribution in [3.05, 3.63) is 53.6 Å². The van der Waals surface area contributed by atoms with E-state index in [1.807, 2.05) is 0 Å². The highest BCUT2D eigenvalue weighted by Crippen LogP contribution is 2.32. The molecule has 2 aromatic rings. The van der Waals surface area contributed by atoms with Crippen LogP contribution in [-0.2, 0) is 16.2 Å². The Hall–Kier alpha value is -2.69. The molecular formula is C13H8F4N2O4S. The number of benzene rings is 1. The van der Waals surface area contributed by atoms with Crippen LogP contribution in [-0.4, -0.2) is 24.5 Å². The average molecular weight is 364 g/mol. The van der Waals surface area contributed by atoms with Crippen LogP contribution in [0.5, 0.6) is 0 Å². The van der Waals surface area contributed by atoms with E-state index in [0.29, 0.717) is 24.3 Å². The molecule has 0 amide bonds. The van der Waals surface area contributed by atoms with Crippen molar-refractivity contribution in [2.75, 3.05) is 4.72 Å². The molecule has 0 saturated carbocycles. The maximum Gasteiger partial charge on any atom is 0.416 e. The minimum Gasteiger partial charge on any atom is -0.478 e. The highest BCUT2D eigenvalue weighted by Gasteiger charge is 2.32. The van der Waals surface area contributed by atoms with Gasteiger partial charge in [0, 0.05) is 6.20 Å². The van der Waals surface area contributed by atoms with Gasteiger partial charge in [-0.05, 0) is 24.3 Å². The lowest BCUT2D eigenvalue weighted by molar-refractivity contribution is -0.137. The predicted molar refractivity (Wildman–Crippen MR) is 73.4 cm³/mol. The third kappa shape index (κ3) is 3.98. The number of pyridine rings is 1. The molecule has 0 aliphatic heterocycles. The summed E-state index contributed by atoms with van der Waals surface area (Å²) in [5.74, 6) is -2.64. The Balaban J connectivity index is 2.49. The largest absolute Gasteiger partial charge is 0.478 e. The molecule has 2 N–H and O–H groups in total. The van der Waals surface area contributed by atoms with Gasteiger partial charge >= 0.3 is 12.1 Å². The zero-order valence-electron chi connectivity index (χ0n) is 11.5. The fraction of sp³-hybridized carbons (Fsp3) is 0.0769. The summed E-state index contributed by atoms with van der Waals surface area (Å²) in [5.41, 5.74) is -2.75. The van der Waals surface area contributed by atoms with Crippen molar-refractivity contribution in [2.24, 2.45) is 0 Å². The van der Waals surface area contributed by atoms with Crippen molar-refractivity contribution in [3.8, 4) is 0 Å². The number of aromatic carboxylic acids is 1. The van der Waals surface area contributed by atoms with Crippen LogP contribution < -0.4 is 4.72 Å². The first-order chi connectivity index (χ1) is 11.0. The molecule has 11 heteroatoms. The summed E-state index contributed by atoms with van der Waals surface area (Å²) < 4.78 is 77.3. The summed E-state index contributed by atoms with van der Waals surface area (Å²) in [6.45, 7) is 0. The van der Waals surface area contributed by atoms with Gasteiger partial charge in [-0.3, -0.25) is 9.71 Å². The van der Waals surface area contributed by atoms with Crippen LogP contribution in [0, 0.1) is 5.82 Å². The fourth-order valence-corrected chi connectivity index (χ4v) is 2.74. The minimum absolute atomic E-state index is 0.365. The Morgan fingerprint density at radius 3 is 2.33 bits per heavy atom. The van der Waals surface area contributed by atoms with E-state index in [2.05, 4.69) is 4.98 Å². The third-order valence-corrected chi connectivity index (χ3v) is 4.10. The quantitative estimate of drug-likeness (QED) is 0.814. The SMILES string of the molecule is O=C(O)c1cc(NS(=O)(=O)c2cncc(F)c2)cc(C(F)(F)F)c1.